The predicted molar refractivity (Wildman–Crippen MR) is 116 cm³/mol. The van der Waals surface area contributed by atoms with Crippen LogP contribution in [0.4, 0.5) is 16.2 Å². The molecule has 1 heterocycles. The quantitative estimate of drug-likeness (QED) is 0.435. The SMILES string of the molecule is CCC1CCC2(CC1)NC(=O)N(CC(=O)OCC(=O)Nc1ccc(NC(C)=O)cc1)C2=O. The number of urea groups is 1. The molecule has 5 amide bonds. The number of anilines is 2. The minimum Gasteiger partial charge on any atom is -0.454 e. The van der Waals surface area contributed by atoms with Crippen molar-refractivity contribution in [2.45, 2.75) is 51.5 Å². The number of hydrogen-bond acceptors (Lipinski definition) is 6. The Balaban J connectivity index is 1.46. The summed E-state index contributed by atoms with van der Waals surface area (Å²) in [5.41, 5.74) is 0.111. The van der Waals surface area contributed by atoms with E-state index in [-0.39, 0.29) is 5.91 Å². The van der Waals surface area contributed by atoms with Crippen LogP contribution in [0, 0.1) is 5.92 Å². The van der Waals surface area contributed by atoms with E-state index in [1.807, 2.05) is 0 Å². The molecule has 1 aliphatic heterocycles. The van der Waals surface area contributed by atoms with Crippen LogP contribution in [-0.2, 0) is 23.9 Å². The fourth-order valence-electron chi connectivity index (χ4n) is 4.10. The highest BCUT2D eigenvalue weighted by molar-refractivity contribution is 6.08. The smallest absolute Gasteiger partial charge is 0.326 e. The maximum absolute atomic E-state index is 12.8. The van der Waals surface area contributed by atoms with E-state index in [0.29, 0.717) is 30.1 Å². The summed E-state index contributed by atoms with van der Waals surface area (Å²) in [6.07, 6.45) is 3.87. The second-order valence-corrected chi connectivity index (χ2v) is 8.22. The zero-order valence-electron chi connectivity index (χ0n) is 18.2. The van der Waals surface area contributed by atoms with E-state index in [0.717, 1.165) is 24.2 Å². The molecule has 3 rings (SSSR count). The number of hydrogen-bond donors (Lipinski definition) is 3. The Kier molecular flexibility index (Phi) is 7.12. The number of nitrogens with zero attached hydrogens (tertiary/aromatic N) is 1. The van der Waals surface area contributed by atoms with Gasteiger partial charge >= 0.3 is 12.0 Å². The lowest BCUT2D eigenvalue weighted by Gasteiger charge is -2.34. The van der Waals surface area contributed by atoms with E-state index in [1.165, 1.54) is 6.92 Å². The first-order valence-electron chi connectivity index (χ1n) is 10.7. The molecule has 1 saturated carbocycles. The van der Waals surface area contributed by atoms with Crippen molar-refractivity contribution in [3.63, 3.8) is 0 Å². The Labute approximate surface area is 186 Å². The highest BCUT2D eigenvalue weighted by Crippen LogP contribution is 2.37. The predicted octanol–water partition coefficient (Wildman–Crippen LogP) is 2.02. The summed E-state index contributed by atoms with van der Waals surface area (Å²) >= 11 is 0. The van der Waals surface area contributed by atoms with Crippen molar-refractivity contribution in [2.24, 2.45) is 5.92 Å². The first kappa shape index (κ1) is 23.2. The minimum atomic E-state index is -0.927. The molecule has 0 atom stereocenters. The van der Waals surface area contributed by atoms with Gasteiger partial charge in [-0.2, -0.15) is 0 Å². The standard InChI is InChI=1S/C22H28N4O6/c1-3-15-8-10-22(11-9-15)20(30)26(21(31)25-22)12-19(29)32-13-18(28)24-17-6-4-16(5-7-17)23-14(2)27/h4-7,15H,3,8-13H2,1-2H3,(H,23,27)(H,24,28)(H,25,31). The molecule has 0 unspecified atom stereocenters. The number of imide groups is 1. The first-order valence-corrected chi connectivity index (χ1v) is 10.7. The second kappa shape index (κ2) is 9.80. The van der Waals surface area contributed by atoms with Gasteiger partial charge in [-0.15, -0.1) is 0 Å². The summed E-state index contributed by atoms with van der Waals surface area (Å²) in [4.78, 5) is 61.2. The number of benzene rings is 1. The van der Waals surface area contributed by atoms with Crippen molar-refractivity contribution in [3.8, 4) is 0 Å². The van der Waals surface area contributed by atoms with Crippen LogP contribution < -0.4 is 16.0 Å². The fourth-order valence-corrected chi connectivity index (χ4v) is 4.10. The van der Waals surface area contributed by atoms with Gasteiger partial charge < -0.3 is 20.7 Å². The van der Waals surface area contributed by atoms with Crippen LogP contribution in [0.1, 0.15) is 46.0 Å². The van der Waals surface area contributed by atoms with Gasteiger partial charge in [0.1, 0.15) is 12.1 Å². The van der Waals surface area contributed by atoms with Crippen molar-refractivity contribution in [1.29, 1.82) is 0 Å². The van der Waals surface area contributed by atoms with Gasteiger partial charge in [-0.25, -0.2) is 4.79 Å². The molecule has 172 valence electrons. The van der Waals surface area contributed by atoms with Crippen LogP contribution in [0.25, 0.3) is 0 Å². The van der Waals surface area contributed by atoms with Crippen LogP contribution in [0.15, 0.2) is 24.3 Å². The largest absolute Gasteiger partial charge is 0.454 e. The monoisotopic (exact) mass is 444 g/mol. The molecule has 2 fully saturated rings. The number of esters is 1. The van der Waals surface area contributed by atoms with Crippen molar-refractivity contribution < 1.29 is 28.7 Å². The molecule has 3 N–H and O–H groups in total. The lowest BCUT2D eigenvalue weighted by atomic mass is 9.75. The molecule has 1 aromatic carbocycles. The molecular weight excluding hydrogens is 416 g/mol. The third-order valence-corrected chi connectivity index (χ3v) is 5.92. The van der Waals surface area contributed by atoms with E-state index in [4.69, 9.17) is 4.74 Å². The second-order valence-electron chi connectivity index (χ2n) is 8.22. The third kappa shape index (κ3) is 5.43. The minimum absolute atomic E-state index is 0.210. The summed E-state index contributed by atoms with van der Waals surface area (Å²) in [5, 5.41) is 7.92. The number of rotatable bonds is 7. The van der Waals surface area contributed by atoms with Gasteiger partial charge in [-0.1, -0.05) is 13.3 Å². The summed E-state index contributed by atoms with van der Waals surface area (Å²) in [5.74, 6) is -1.48. The normalized spacial score (nSPS) is 22.4. The number of nitrogens with one attached hydrogen (secondary N) is 3. The third-order valence-electron chi connectivity index (χ3n) is 5.92. The van der Waals surface area contributed by atoms with Crippen molar-refractivity contribution in [2.75, 3.05) is 23.8 Å². The van der Waals surface area contributed by atoms with Crippen LogP contribution >= 0.6 is 0 Å². The lowest BCUT2D eigenvalue weighted by Crippen LogP contribution is -2.49. The lowest BCUT2D eigenvalue weighted by molar-refractivity contribution is -0.150. The van der Waals surface area contributed by atoms with Crippen LogP contribution in [-0.4, -0.2) is 53.3 Å². The number of carbonyl (C=O) groups is 5. The van der Waals surface area contributed by atoms with E-state index in [9.17, 15) is 24.0 Å². The molecule has 10 nitrogen and oxygen atoms in total. The van der Waals surface area contributed by atoms with Gasteiger partial charge in [-0.3, -0.25) is 24.1 Å². The van der Waals surface area contributed by atoms with Crippen LogP contribution in [0.2, 0.25) is 0 Å². The van der Waals surface area contributed by atoms with Crippen molar-refractivity contribution >= 4 is 41.1 Å². The van der Waals surface area contributed by atoms with Gasteiger partial charge in [0.2, 0.25) is 5.91 Å². The van der Waals surface area contributed by atoms with E-state index in [2.05, 4.69) is 22.9 Å². The van der Waals surface area contributed by atoms with Crippen LogP contribution in [0.5, 0.6) is 0 Å². The zero-order valence-corrected chi connectivity index (χ0v) is 18.2. The van der Waals surface area contributed by atoms with Gasteiger partial charge in [0.25, 0.3) is 11.8 Å². The average molecular weight is 444 g/mol. The van der Waals surface area contributed by atoms with Gasteiger partial charge in [-0.05, 0) is 55.9 Å². The summed E-state index contributed by atoms with van der Waals surface area (Å²) in [6.45, 7) is 2.40. The summed E-state index contributed by atoms with van der Waals surface area (Å²) < 4.78 is 4.94. The fraction of sp³-hybridized carbons (Fsp3) is 0.500. The molecule has 1 spiro atoms. The molecule has 2 aliphatic rings. The molecule has 1 saturated heterocycles. The van der Waals surface area contributed by atoms with E-state index < -0.39 is 42.5 Å². The van der Waals surface area contributed by atoms with Crippen molar-refractivity contribution in [1.82, 2.24) is 10.2 Å². The topological polar surface area (TPSA) is 134 Å². The van der Waals surface area contributed by atoms with Gasteiger partial charge in [0.05, 0.1) is 0 Å². The molecule has 0 radical (unpaired) electrons. The van der Waals surface area contributed by atoms with Gasteiger partial charge in [0, 0.05) is 18.3 Å². The highest BCUT2D eigenvalue weighted by Gasteiger charge is 2.52. The maximum atomic E-state index is 12.8. The molecule has 1 aromatic rings. The van der Waals surface area contributed by atoms with Crippen LogP contribution in [0.3, 0.4) is 0 Å². The van der Waals surface area contributed by atoms with Crippen molar-refractivity contribution in [3.05, 3.63) is 24.3 Å². The Hall–Kier alpha value is -3.43. The highest BCUT2D eigenvalue weighted by atomic mass is 16.5. The average Bonchev–Trinajstić information content (AvgIpc) is 2.98. The Morgan fingerprint density at radius 3 is 2.25 bits per heavy atom. The number of carbonyl (C=O) groups excluding carboxylic acids is 5. The Morgan fingerprint density at radius 1 is 1.09 bits per heavy atom. The molecule has 0 bridgehead atoms. The molecular formula is C22H28N4O6. The Morgan fingerprint density at radius 2 is 1.69 bits per heavy atom. The molecule has 0 aromatic heterocycles. The van der Waals surface area contributed by atoms with E-state index >= 15 is 0 Å². The van der Waals surface area contributed by atoms with E-state index in [1.54, 1.807) is 24.3 Å². The zero-order chi connectivity index (χ0) is 23.3. The first-order chi connectivity index (χ1) is 15.2. The number of amides is 5. The molecule has 10 heteroatoms. The maximum Gasteiger partial charge on any atom is 0.326 e. The molecule has 32 heavy (non-hydrogen) atoms. The summed E-state index contributed by atoms with van der Waals surface area (Å²) in [6, 6.07) is 5.80. The summed E-state index contributed by atoms with van der Waals surface area (Å²) in [7, 11) is 0. The number of ether oxygens (including phenoxy) is 1. The van der Waals surface area contributed by atoms with Gasteiger partial charge in [0.15, 0.2) is 6.61 Å². The molecule has 1 aliphatic carbocycles. The Bertz CT molecular complexity index is 906.